The molecule has 0 aliphatic carbocycles. The van der Waals surface area contributed by atoms with Crippen molar-refractivity contribution in [2.24, 2.45) is 0 Å². The fraction of sp³-hybridized carbons (Fsp3) is 0. The SMILES string of the molecule is [CH2]c1cccc([CH]C(=O)O)c1. The quantitative estimate of drug-likeness (QED) is 0.690. The molecule has 2 radical (unpaired) electrons. The van der Waals surface area contributed by atoms with Gasteiger partial charge in [-0.15, -0.1) is 0 Å². The van der Waals surface area contributed by atoms with Gasteiger partial charge in [0.05, 0.1) is 6.42 Å². The van der Waals surface area contributed by atoms with Crippen LogP contribution in [0.25, 0.3) is 0 Å². The summed E-state index contributed by atoms with van der Waals surface area (Å²) in [6, 6.07) is 7.03. The van der Waals surface area contributed by atoms with Crippen molar-refractivity contribution in [1.82, 2.24) is 0 Å². The predicted molar refractivity (Wildman–Crippen MR) is 41.9 cm³/mol. The summed E-state index contributed by atoms with van der Waals surface area (Å²) in [6.07, 6.45) is 1.15. The number of carbonyl (C=O) groups is 1. The average molecular weight is 148 g/mol. The molecule has 0 amide bonds. The summed E-state index contributed by atoms with van der Waals surface area (Å²) in [5, 5.41) is 8.38. The van der Waals surface area contributed by atoms with Crippen molar-refractivity contribution in [2.75, 3.05) is 0 Å². The molecule has 1 rings (SSSR count). The molecule has 0 bridgehead atoms. The van der Waals surface area contributed by atoms with E-state index in [0.29, 0.717) is 5.56 Å². The van der Waals surface area contributed by atoms with E-state index >= 15 is 0 Å². The molecular weight excluding hydrogens is 140 g/mol. The summed E-state index contributed by atoms with van der Waals surface area (Å²) in [4.78, 5) is 10.2. The zero-order chi connectivity index (χ0) is 8.27. The third-order valence-electron chi connectivity index (χ3n) is 1.24. The van der Waals surface area contributed by atoms with E-state index in [1.807, 2.05) is 6.07 Å². The molecule has 11 heavy (non-hydrogen) atoms. The highest BCUT2D eigenvalue weighted by Crippen LogP contribution is 2.05. The Balaban J connectivity index is 2.79. The van der Waals surface area contributed by atoms with Crippen molar-refractivity contribution >= 4 is 5.97 Å². The van der Waals surface area contributed by atoms with Gasteiger partial charge in [-0.2, -0.15) is 0 Å². The minimum Gasteiger partial charge on any atom is -0.481 e. The highest BCUT2D eigenvalue weighted by atomic mass is 16.4. The zero-order valence-corrected chi connectivity index (χ0v) is 5.95. The fourth-order valence-corrected chi connectivity index (χ4v) is 0.825. The van der Waals surface area contributed by atoms with E-state index in [1.54, 1.807) is 18.2 Å². The maximum absolute atomic E-state index is 10.2. The molecular formula is C9H8O2. The minimum absolute atomic E-state index is 0.671. The first-order valence-electron chi connectivity index (χ1n) is 3.18. The van der Waals surface area contributed by atoms with Crippen LogP contribution in [-0.2, 0) is 4.79 Å². The van der Waals surface area contributed by atoms with Crippen molar-refractivity contribution in [3.63, 3.8) is 0 Å². The first kappa shape index (κ1) is 7.79. The summed E-state index contributed by atoms with van der Waals surface area (Å²) in [6.45, 7) is 3.68. The van der Waals surface area contributed by atoms with Gasteiger partial charge in [0, 0.05) is 0 Å². The summed E-state index contributed by atoms with van der Waals surface area (Å²) in [5.74, 6) is -0.935. The van der Waals surface area contributed by atoms with Gasteiger partial charge in [0.1, 0.15) is 0 Å². The Kier molecular flexibility index (Phi) is 2.26. The molecule has 0 spiro atoms. The lowest BCUT2D eigenvalue weighted by molar-refractivity contribution is -0.132. The van der Waals surface area contributed by atoms with Crippen molar-refractivity contribution in [3.8, 4) is 0 Å². The van der Waals surface area contributed by atoms with E-state index in [0.717, 1.165) is 12.0 Å². The lowest BCUT2D eigenvalue weighted by Crippen LogP contribution is -1.96. The first-order chi connectivity index (χ1) is 5.18. The Bertz CT molecular complexity index is 266. The van der Waals surface area contributed by atoms with Crippen LogP contribution in [-0.4, -0.2) is 11.1 Å². The lowest BCUT2D eigenvalue weighted by Gasteiger charge is -1.96. The molecule has 1 N–H and O–H groups in total. The van der Waals surface area contributed by atoms with Gasteiger partial charge in [-0.1, -0.05) is 24.3 Å². The lowest BCUT2D eigenvalue weighted by atomic mass is 10.1. The van der Waals surface area contributed by atoms with Gasteiger partial charge in [0.2, 0.25) is 0 Å². The second-order valence-corrected chi connectivity index (χ2v) is 2.23. The molecule has 0 fully saturated rings. The molecule has 0 atom stereocenters. The van der Waals surface area contributed by atoms with E-state index in [1.165, 1.54) is 0 Å². The van der Waals surface area contributed by atoms with Gasteiger partial charge in [0.15, 0.2) is 0 Å². The topological polar surface area (TPSA) is 37.3 Å². The number of carboxylic acids is 1. The van der Waals surface area contributed by atoms with Crippen LogP contribution in [0, 0.1) is 13.3 Å². The highest BCUT2D eigenvalue weighted by molar-refractivity contribution is 5.81. The molecule has 56 valence electrons. The molecule has 0 aromatic heterocycles. The van der Waals surface area contributed by atoms with Crippen LogP contribution in [0.15, 0.2) is 24.3 Å². The predicted octanol–water partition coefficient (Wildman–Crippen LogP) is 1.51. The molecule has 2 nitrogen and oxygen atoms in total. The van der Waals surface area contributed by atoms with Crippen LogP contribution < -0.4 is 0 Å². The normalized spacial score (nSPS) is 9.55. The molecule has 1 aromatic carbocycles. The Labute approximate surface area is 65.5 Å². The maximum atomic E-state index is 10.2. The maximum Gasteiger partial charge on any atom is 0.312 e. The van der Waals surface area contributed by atoms with Crippen LogP contribution in [0.1, 0.15) is 11.1 Å². The molecule has 1 aromatic rings. The van der Waals surface area contributed by atoms with E-state index < -0.39 is 5.97 Å². The largest absolute Gasteiger partial charge is 0.481 e. The molecule has 0 saturated heterocycles. The highest BCUT2D eigenvalue weighted by Gasteiger charge is 1.99. The monoisotopic (exact) mass is 148 g/mol. The van der Waals surface area contributed by atoms with Crippen molar-refractivity contribution in [1.29, 1.82) is 0 Å². The van der Waals surface area contributed by atoms with Crippen molar-refractivity contribution in [3.05, 3.63) is 48.7 Å². The smallest absolute Gasteiger partial charge is 0.312 e. The summed E-state index contributed by atoms with van der Waals surface area (Å²) < 4.78 is 0. The Morgan fingerprint density at radius 1 is 1.55 bits per heavy atom. The second-order valence-electron chi connectivity index (χ2n) is 2.23. The summed E-state index contributed by atoms with van der Waals surface area (Å²) in [5.41, 5.74) is 1.49. The number of hydrogen-bond donors (Lipinski definition) is 1. The standard InChI is InChI=1S/C9H8O2/c1-7-3-2-4-8(5-7)6-9(10)11/h2-6H,1H2,(H,10,11). The Morgan fingerprint density at radius 2 is 2.27 bits per heavy atom. The molecule has 0 heterocycles. The van der Waals surface area contributed by atoms with E-state index in [2.05, 4.69) is 6.92 Å². The van der Waals surface area contributed by atoms with Gasteiger partial charge in [-0.3, -0.25) is 4.79 Å². The Hall–Kier alpha value is -1.31. The van der Waals surface area contributed by atoms with Crippen LogP contribution in [0.2, 0.25) is 0 Å². The molecule has 0 saturated carbocycles. The minimum atomic E-state index is -0.935. The molecule has 2 heteroatoms. The number of aliphatic carboxylic acids is 1. The number of rotatable bonds is 2. The van der Waals surface area contributed by atoms with Crippen LogP contribution in [0.5, 0.6) is 0 Å². The number of hydrogen-bond acceptors (Lipinski definition) is 1. The molecule has 0 aliphatic heterocycles. The van der Waals surface area contributed by atoms with E-state index in [4.69, 9.17) is 5.11 Å². The number of carboxylic acid groups (broad SMARTS) is 1. The van der Waals surface area contributed by atoms with Crippen molar-refractivity contribution < 1.29 is 9.90 Å². The Morgan fingerprint density at radius 3 is 2.82 bits per heavy atom. The van der Waals surface area contributed by atoms with Gasteiger partial charge in [-0.25, -0.2) is 0 Å². The summed E-state index contributed by atoms with van der Waals surface area (Å²) >= 11 is 0. The number of benzene rings is 1. The second kappa shape index (κ2) is 3.19. The molecule has 0 unspecified atom stereocenters. The van der Waals surface area contributed by atoms with Gasteiger partial charge in [-0.05, 0) is 18.1 Å². The summed E-state index contributed by atoms with van der Waals surface area (Å²) in [7, 11) is 0. The van der Waals surface area contributed by atoms with Crippen LogP contribution >= 0.6 is 0 Å². The first-order valence-corrected chi connectivity index (χ1v) is 3.18. The van der Waals surface area contributed by atoms with Gasteiger partial charge in [0.25, 0.3) is 0 Å². The van der Waals surface area contributed by atoms with Crippen molar-refractivity contribution in [2.45, 2.75) is 0 Å². The third-order valence-corrected chi connectivity index (χ3v) is 1.24. The van der Waals surface area contributed by atoms with Crippen LogP contribution in [0.3, 0.4) is 0 Å². The molecule has 0 aliphatic rings. The fourth-order valence-electron chi connectivity index (χ4n) is 0.825. The van der Waals surface area contributed by atoms with E-state index in [-0.39, 0.29) is 0 Å². The van der Waals surface area contributed by atoms with Gasteiger partial charge < -0.3 is 5.11 Å². The van der Waals surface area contributed by atoms with E-state index in [9.17, 15) is 4.79 Å². The van der Waals surface area contributed by atoms with Gasteiger partial charge >= 0.3 is 5.97 Å². The average Bonchev–Trinajstić information content (AvgIpc) is 1.85. The third kappa shape index (κ3) is 2.42. The van der Waals surface area contributed by atoms with Crippen LogP contribution in [0.4, 0.5) is 0 Å². The zero-order valence-electron chi connectivity index (χ0n) is 5.95.